The van der Waals surface area contributed by atoms with Gasteiger partial charge in [-0.05, 0) is 36.4 Å². The number of hydrogen-bond donors (Lipinski definition) is 1. The third-order valence-corrected chi connectivity index (χ3v) is 3.95. The summed E-state index contributed by atoms with van der Waals surface area (Å²) < 4.78 is 44.2. The van der Waals surface area contributed by atoms with E-state index in [1.54, 1.807) is 0 Å². The van der Waals surface area contributed by atoms with Crippen LogP contribution in [-0.4, -0.2) is 43.5 Å². The quantitative estimate of drug-likeness (QED) is 0.766. The van der Waals surface area contributed by atoms with E-state index in [1.165, 1.54) is 43.5 Å². The fourth-order valence-electron chi connectivity index (χ4n) is 2.53. The average Bonchev–Trinajstić information content (AvgIpc) is 2.70. The van der Waals surface area contributed by atoms with E-state index in [4.69, 9.17) is 10.00 Å². The van der Waals surface area contributed by atoms with Gasteiger partial charge in [-0.15, -0.1) is 0 Å². The molecule has 0 unspecified atom stereocenters. The van der Waals surface area contributed by atoms with Crippen LogP contribution in [0.15, 0.2) is 48.5 Å². The molecule has 0 heterocycles. The molecule has 2 rings (SSSR count). The Kier molecular flexibility index (Phi) is 7.33. The van der Waals surface area contributed by atoms with Gasteiger partial charge >= 0.3 is 6.18 Å². The number of rotatable bonds is 7. The van der Waals surface area contributed by atoms with Crippen LogP contribution in [0.4, 0.5) is 18.9 Å². The molecular weight excluding hydrogens is 387 g/mol. The molecule has 0 bridgehead atoms. The van der Waals surface area contributed by atoms with Gasteiger partial charge in [-0.1, -0.05) is 12.1 Å². The lowest BCUT2D eigenvalue weighted by molar-refractivity contribution is -0.137. The Balaban J connectivity index is 2.16. The molecule has 0 radical (unpaired) electrons. The van der Waals surface area contributed by atoms with Crippen molar-refractivity contribution in [1.82, 2.24) is 4.90 Å². The standard InChI is InChI=1S/C20H18F3N3O3/c1-29-11-10-26(19(28)15-8-6-14(12-24)7-9-15)13-18(27)25-17-5-3-2-4-16(17)20(21,22)23/h2-9H,10-11,13H2,1H3,(H,25,27). The second kappa shape index (κ2) is 9.71. The lowest BCUT2D eigenvalue weighted by Crippen LogP contribution is -2.40. The number of alkyl halides is 3. The number of methoxy groups -OCH3 is 1. The number of carbonyl (C=O) groups is 2. The summed E-state index contributed by atoms with van der Waals surface area (Å²) in [5, 5.41) is 11.0. The summed E-state index contributed by atoms with van der Waals surface area (Å²) in [7, 11) is 1.42. The van der Waals surface area contributed by atoms with Gasteiger partial charge in [0.15, 0.2) is 0 Å². The molecule has 0 aliphatic rings. The van der Waals surface area contributed by atoms with Crippen LogP contribution in [0.2, 0.25) is 0 Å². The van der Waals surface area contributed by atoms with Crippen LogP contribution >= 0.6 is 0 Å². The van der Waals surface area contributed by atoms with Crippen molar-refractivity contribution in [3.05, 3.63) is 65.2 Å². The summed E-state index contributed by atoms with van der Waals surface area (Å²) in [6, 6.07) is 12.3. The zero-order valence-electron chi connectivity index (χ0n) is 15.5. The van der Waals surface area contributed by atoms with Gasteiger partial charge in [-0.25, -0.2) is 0 Å². The van der Waals surface area contributed by atoms with Crippen LogP contribution < -0.4 is 5.32 Å². The summed E-state index contributed by atoms with van der Waals surface area (Å²) in [6.07, 6.45) is -4.63. The Morgan fingerprint density at radius 3 is 2.38 bits per heavy atom. The van der Waals surface area contributed by atoms with Crippen molar-refractivity contribution in [2.45, 2.75) is 6.18 Å². The van der Waals surface area contributed by atoms with E-state index in [9.17, 15) is 22.8 Å². The van der Waals surface area contributed by atoms with Gasteiger partial charge in [0.1, 0.15) is 6.54 Å². The summed E-state index contributed by atoms with van der Waals surface area (Å²) in [6.45, 7) is -0.271. The number of nitrogens with zero attached hydrogens (tertiary/aromatic N) is 2. The molecule has 152 valence electrons. The molecule has 0 atom stereocenters. The van der Waals surface area contributed by atoms with Crippen molar-refractivity contribution < 1.29 is 27.5 Å². The molecule has 1 N–H and O–H groups in total. The molecule has 29 heavy (non-hydrogen) atoms. The van der Waals surface area contributed by atoms with Crippen molar-refractivity contribution in [2.75, 3.05) is 32.1 Å². The number of hydrogen-bond acceptors (Lipinski definition) is 4. The van der Waals surface area contributed by atoms with Gasteiger partial charge < -0.3 is 15.0 Å². The summed E-state index contributed by atoms with van der Waals surface area (Å²) in [5.74, 6) is -1.29. The third kappa shape index (κ3) is 6.05. The molecule has 0 aromatic heterocycles. The Labute approximate surface area is 165 Å². The predicted octanol–water partition coefficient (Wildman–Crippen LogP) is 3.30. The highest BCUT2D eigenvalue weighted by Crippen LogP contribution is 2.34. The maximum Gasteiger partial charge on any atom is 0.418 e. The SMILES string of the molecule is COCCN(CC(=O)Nc1ccccc1C(F)(F)F)C(=O)c1ccc(C#N)cc1. The number of para-hydroxylation sites is 1. The highest BCUT2D eigenvalue weighted by Gasteiger charge is 2.33. The van der Waals surface area contributed by atoms with Crippen molar-refractivity contribution in [2.24, 2.45) is 0 Å². The number of benzene rings is 2. The molecule has 9 heteroatoms. The molecule has 0 aliphatic heterocycles. The van der Waals surface area contributed by atoms with Crippen molar-refractivity contribution in [3.8, 4) is 6.07 Å². The Morgan fingerprint density at radius 2 is 1.79 bits per heavy atom. The minimum Gasteiger partial charge on any atom is -0.383 e. The number of halogens is 3. The molecule has 2 amide bonds. The first-order valence-corrected chi connectivity index (χ1v) is 8.50. The Bertz CT molecular complexity index is 906. The molecule has 0 saturated carbocycles. The monoisotopic (exact) mass is 405 g/mol. The highest BCUT2D eigenvalue weighted by molar-refractivity contribution is 5.99. The number of nitrogens with one attached hydrogen (secondary N) is 1. The van der Waals surface area contributed by atoms with E-state index in [0.717, 1.165) is 17.0 Å². The second-order valence-electron chi connectivity index (χ2n) is 6.00. The summed E-state index contributed by atoms with van der Waals surface area (Å²) in [5.41, 5.74) is -0.757. The number of ether oxygens (including phenoxy) is 1. The molecule has 2 aromatic carbocycles. The van der Waals surface area contributed by atoms with Crippen molar-refractivity contribution in [3.63, 3.8) is 0 Å². The number of nitriles is 1. The van der Waals surface area contributed by atoms with E-state index < -0.39 is 30.1 Å². The number of carbonyl (C=O) groups excluding carboxylic acids is 2. The minimum atomic E-state index is -4.63. The van der Waals surface area contributed by atoms with Gasteiger partial charge in [0.25, 0.3) is 5.91 Å². The van der Waals surface area contributed by atoms with Gasteiger partial charge in [0.05, 0.1) is 29.5 Å². The minimum absolute atomic E-state index is 0.0592. The maximum absolute atomic E-state index is 13.1. The Hall–Kier alpha value is -3.38. The van der Waals surface area contributed by atoms with Gasteiger partial charge in [-0.3, -0.25) is 9.59 Å². The molecule has 6 nitrogen and oxygen atoms in total. The third-order valence-electron chi connectivity index (χ3n) is 3.95. The molecule has 0 fully saturated rings. The Morgan fingerprint density at radius 1 is 1.14 bits per heavy atom. The lowest BCUT2D eigenvalue weighted by atomic mass is 10.1. The van der Waals surface area contributed by atoms with E-state index in [2.05, 4.69) is 5.32 Å². The summed E-state index contributed by atoms with van der Waals surface area (Å²) >= 11 is 0. The first-order valence-electron chi connectivity index (χ1n) is 8.50. The van der Waals surface area contributed by atoms with Gasteiger partial charge in [-0.2, -0.15) is 18.4 Å². The van der Waals surface area contributed by atoms with Crippen LogP contribution in [0.25, 0.3) is 0 Å². The maximum atomic E-state index is 13.1. The second-order valence-corrected chi connectivity index (χ2v) is 6.00. The lowest BCUT2D eigenvalue weighted by Gasteiger charge is -2.22. The molecule has 2 aromatic rings. The van der Waals surface area contributed by atoms with E-state index >= 15 is 0 Å². The summed E-state index contributed by atoms with van der Waals surface area (Å²) in [4.78, 5) is 26.2. The molecule has 0 spiro atoms. The largest absolute Gasteiger partial charge is 0.418 e. The zero-order chi connectivity index (χ0) is 21.4. The van der Waals surface area contributed by atoms with E-state index in [1.807, 2.05) is 6.07 Å². The predicted molar refractivity (Wildman–Crippen MR) is 99.0 cm³/mol. The average molecular weight is 405 g/mol. The van der Waals surface area contributed by atoms with Crippen LogP contribution in [-0.2, 0) is 15.7 Å². The topological polar surface area (TPSA) is 82.4 Å². The zero-order valence-corrected chi connectivity index (χ0v) is 15.5. The number of amides is 2. The van der Waals surface area contributed by atoms with Crippen LogP contribution in [0, 0.1) is 11.3 Å². The smallest absolute Gasteiger partial charge is 0.383 e. The number of anilines is 1. The van der Waals surface area contributed by atoms with Crippen LogP contribution in [0.3, 0.4) is 0 Å². The van der Waals surface area contributed by atoms with Gasteiger partial charge in [0, 0.05) is 19.2 Å². The van der Waals surface area contributed by atoms with Crippen LogP contribution in [0.1, 0.15) is 21.5 Å². The molecular formula is C20H18F3N3O3. The van der Waals surface area contributed by atoms with Crippen molar-refractivity contribution in [1.29, 1.82) is 5.26 Å². The first kappa shape index (κ1) is 21.9. The van der Waals surface area contributed by atoms with Crippen LogP contribution in [0.5, 0.6) is 0 Å². The van der Waals surface area contributed by atoms with Crippen molar-refractivity contribution >= 4 is 17.5 Å². The molecule has 0 aliphatic carbocycles. The first-order chi connectivity index (χ1) is 13.8. The normalized spacial score (nSPS) is 10.9. The fraction of sp³-hybridized carbons (Fsp3) is 0.250. The molecule has 0 saturated heterocycles. The fourth-order valence-corrected chi connectivity index (χ4v) is 2.53. The highest BCUT2D eigenvalue weighted by atomic mass is 19.4. The van der Waals surface area contributed by atoms with E-state index in [0.29, 0.717) is 5.56 Å². The van der Waals surface area contributed by atoms with Gasteiger partial charge in [0.2, 0.25) is 5.91 Å². The van der Waals surface area contributed by atoms with E-state index in [-0.39, 0.29) is 24.4 Å².